The Kier molecular flexibility index (Phi) is 8.03. The first-order chi connectivity index (χ1) is 11.7. The minimum atomic E-state index is -2.07. The lowest BCUT2D eigenvalue weighted by atomic mass is 10.0. The van der Waals surface area contributed by atoms with Gasteiger partial charge in [0.05, 0.1) is 12.1 Å². The van der Waals surface area contributed by atoms with Gasteiger partial charge in [0, 0.05) is 16.4 Å². The highest BCUT2D eigenvalue weighted by Gasteiger charge is 2.42. The fraction of sp³-hybridized carbons (Fsp3) is 0.600. The van der Waals surface area contributed by atoms with E-state index in [1.54, 1.807) is 6.08 Å². The van der Waals surface area contributed by atoms with Crippen LogP contribution in [0.2, 0.25) is 23.2 Å². The summed E-state index contributed by atoms with van der Waals surface area (Å²) in [5.74, 6) is 0. The molecule has 1 rings (SSSR count). The average molecular weight is 416 g/mol. The summed E-state index contributed by atoms with van der Waals surface area (Å²) in [5, 5.41) is 0.713. The van der Waals surface area contributed by atoms with Gasteiger partial charge in [-0.1, -0.05) is 50.6 Å². The molecule has 0 aliphatic heterocycles. The van der Waals surface area contributed by atoms with Crippen molar-refractivity contribution in [1.29, 1.82) is 0 Å². The highest BCUT2D eigenvalue weighted by molar-refractivity contribution is 7.90. The van der Waals surface area contributed by atoms with Crippen LogP contribution in [-0.2, 0) is 15.8 Å². The van der Waals surface area contributed by atoms with Crippen molar-refractivity contribution in [2.45, 2.75) is 76.6 Å². The molecule has 0 aliphatic carbocycles. The Bertz CT molecular complexity index is 611. The molecule has 148 valence electrons. The third-order valence-corrected chi connectivity index (χ3v) is 11.1. The fourth-order valence-electron chi connectivity index (χ4n) is 2.06. The summed E-state index contributed by atoms with van der Waals surface area (Å²) in [6.45, 7) is 20.8. The first kappa shape index (κ1) is 23.7. The molecule has 0 spiro atoms. The van der Waals surface area contributed by atoms with Crippen molar-refractivity contribution in [1.82, 2.24) is 4.72 Å². The zero-order valence-corrected chi connectivity index (χ0v) is 19.9. The van der Waals surface area contributed by atoms with Crippen LogP contribution in [0.5, 0.6) is 0 Å². The summed E-state index contributed by atoms with van der Waals surface area (Å²) >= 11 is 4.99. The van der Waals surface area contributed by atoms with Gasteiger partial charge in [-0.2, -0.15) is 0 Å². The van der Waals surface area contributed by atoms with Crippen LogP contribution in [-0.4, -0.2) is 23.7 Å². The van der Waals surface area contributed by atoms with Gasteiger partial charge in [-0.05, 0) is 56.6 Å². The molecule has 0 saturated heterocycles. The second-order valence-electron chi connectivity index (χ2n) is 9.11. The minimum absolute atomic E-state index is 0.0543. The van der Waals surface area contributed by atoms with Crippen molar-refractivity contribution in [2.75, 3.05) is 0 Å². The van der Waals surface area contributed by atoms with Crippen LogP contribution < -0.4 is 4.72 Å². The summed E-state index contributed by atoms with van der Waals surface area (Å²) in [4.78, 5) is 0. The van der Waals surface area contributed by atoms with Gasteiger partial charge in [-0.3, -0.25) is 0 Å². The van der Waals surface area contributed by atoms with Crippen LogP contribution in [0.15, 0.2) is 36.9 Å². The van der Waals surface area contributed by atoms with E-state index in [2.05, 4.69) is 45.2 Å². The number of halogens is 1. The second kappa shape index (κ2) is 8.80. The molecule has 0 heterocycles. The Morgan fingerprint density at radius 2 is 1.81 bits per heavy atom. The number of nitrogens with one attached hydrogen (secondary N) is 1. The van der Waals surface area contributed by atoms with Crippen molar-refractivity contribution < 1.29 is 8.98 Å². The van der Waals surface area contributed by atoms with Gasteiger partial charge in [0.1, 0.15) is 4.75 Å². The number of hydrogen-bond donors (Lipinski definition) is 1. The van der Waals surface area contributed by atoms with E-state index in [-0.39, 0.29) is 21.9 Å². The van der Waals surface area contributed by atoms with Gasteiger partial charge >= 0.3 is 0 Å². The fourth-order valence-corrected chi connectivity index (χ4v) is 4.35. The van der Waals surface area contributed by atoms with Gasteiger partial charge in [-0.15, -0.1) is 11.3 Å². The van der Waals surface area contributed by atoms with Crippen molar-refractivity contribution in [2.24, 2.45) is 0 Å². The summed E-state index contributed by atoms with van der Waals surface area (Å²) in [6.07, 6.45) is 1.47. The zero-order chi connectivity index (χ0) is 20.3. The van der Waals surface area contributed by atoms with E-state index < -0.39 is 19.7 Å². The average Bonchev–Trinajstić information content (AvgIpc) is 2.48. The maximum Gasteiger partial charge on any atom is 0.193 e. The van der Waals surface area contributed by atoms with Crippen LogP contribution in [0.4, 0.5) is 0 Å². The molecule has 0 aliphatic rings. The summed E-state index contributed by atoms with van der Waals surface area (Å²) in [5.41, 5.74) is 0.964. The Hall–Kier alpha value is -0.303. The predicted octanol–water partition coefficient (Wildman–Crippen LogP) is 6.01. The quantitative estimate of drug-likeness (QED) is 0.337. The molecule has 0 bridgehead atoms. The maximum absolute atomic E-state index is 12.7. The topological polar surface area (TPSA) is 44.3 Å². The Balaban J connectivity index is 3.28. The highest BCUT2D eigenvalue weighted by atomic mass is 35.5. The van der Waals surface area contributed by atoms with Crippen LogP contribution in [0.25, 0.3) is 0 Å². The third-order valence-electron chi connectivity index (χ3n) is 4.78. The first-order valence-corrected chi connectivity index (χ1v) is 13.4. The highest BCUT2D eigenvalue weighted by Crippen LogP contribution is 2.41. The number of benzene rings is 1. The van der Waals surface area contributed by atoms with Crippen molar-refractivity contribution in [3.8, 4) is 0 Å². The SMILES string of the molecule is C=C[C@H](N[S+]([O-])C(C)(C)C)[C@@H](O[Si](C)(C)C(C)(C)C)c1cccc(Cl)c1. The smallest absolute Gasteiger partial charge is 0.193 e. The van der Waals surface area contributed by atoms with Gasteiger partial charge in [0.15, 0.2) is 8.32 Å². The van der Waals surface area contributed by atoms with E-state index in [1.165, 1.54) is 0 Å². The van der Waals surface area contributed by atoms with Gasteiger partial charge in [0.25, 0.3) is 0 Å². The predicted molar refractivity (Wildman–Crippen MR) is 117 cm³/mol. The normalized spacial score (nSPS) is 16.8. The van der Waals surface area contributed by atoms with Crippen molar-refractivity contribution in [3.05, 3.63) is 47.5 Å². The molecule has 0 amide bonds. The molecule has 1 N–H and O–H groups in total. The molecule has 0 saturated carbocycles. The van der Waals surface area contributed by atoms with Crippen LogP contribution in [0.1, 0.15) is 53.2 Å². The second-order valence-corrected chi connectivity index (χ2v) is 16.3. The summed E-state index contributed by atoms with van der Waals surface area (Å²) in [6, 6.07) is 7.39. The number of hydrogen-bond acceptors (Lipinski definition) is 3. The molecule has 6 heteroatoms. The molecule has 1 aromatic carbocycles. The summed E-state index contributed by atoms with van der Waals surface area (Å²) in [7, 11) is -2.07. The van der Waals surface area contributed by atoms with Gasteiger partial charge < -0.3 is 8.98 Å². The number of rotatable bonds is 7. The van der Waals surface area contributed by atoms with Gasteiger partial charge in [-0.25, -0.2) is 0 Å². The molecule has 0 radical (unpaired) electrons. The van der Waals surface area contributed by atoms with Crippen LogP contribution in [0.3, 0.4) is 0 Å². The Morgan fingerprint density at radius 3 is 2.23 bits per heavy atom. The van der Waals surface area contributed by atoms with E-state index >= 15 is 0 Å². The largest absolute Gasteiger partial charge is 0.598 e. The lowest BCUT2D eigenvalue weighted by Crippen LogP contribution is -2.50. The standard InChI is InChI=1S/C20H34ClNO2SSi/c1-10-17(22-25(23)19(2,3)4)18(15-12-11-13-16(21)14-15)24-26(8,9)20(5,6)7/h10-14,17-18,22H,1H2,2-9H3/t17-,18-,25?/m0/s1. The van der Waals surface area contributed by atoms with E-state index in [4.69, 9.17) is 16.0 Å². The zero-order valence-electron chi connectivity index (χ0n) is 17.4. The molecule has 1 aromatic rings. The van der Waals surface area contributed by atoms with E-state index in [0.29, 0.717) is 5.02 Å². The molecule has 0 fully saturated rings. The first-order valence-electron chi connectivity index (χ1n) is 8.93. The molecular weight excluding hydrogens is 382 g/mol. The Morgan fingerprint density at radius 1 is 1.23 bits per heavy atom. The summed E-state index contributed by atoms with van der Waals surface area (Å²) < 4.78 is 22.2. The van der Waals surface area contributed by atoms with Crippen molar-refractivity contribution >= 4 is 31.3 Å². The lowest BCUT2D eigenvalue weighted by molar-refractivity contribution is 0.163. The molecule has 26 heavy (non-hydrogen) atoms. The van der Waals surface area contributed by atoms with Crippen molar-refractivity contribution in [3.63, 3.8) is 0 Å². The molecule has 3 nitrogen and oxygen atoms in total. The monoisotopic (exact) mass is 415 g/mol. The molecule has 0 aromatic heterocycles. The Labute approximate surface area is 169 Å². The van der Waals surface area contributed by atoms with Gasteiger partial charge in [0.2, 0.25) is 0 Å². The molecular formula is C20H34ClNO2SSi. The molecule has 1 unspecified atom stereocenters. The van der Waals surface area contributed by atoms with Crippen LogP contribution in [0, 0.1) is 0 Å². The van der Waals surface area contributed by atoms with E-state index in [0.717, 1.165) is 5.56 Å². The third kappa shape index (κ3) is 6.39. The lowest BCUT2D eigenvalue weighted by Gasteiger charge is -2.41. The van der Waals surface area contributed by atoms with E-state index in [9.17, 15) is 4.55 Å². The molecule has 3 atom stereocenters. The van der Waals surface area contributed by atoms with E-state index in [1.807, 2.05) is 45.0 Å². The minimum Gasteiger partial charge on any atom is -0.598 e. The maximum atomic E-state index is 12.7. The van der Waals surface area contributed by atoms with Crippen LogP contribution >= 0.6 is 11.6 Å².